The Morgan fingerprint density at radius 2 is 0.771 bits per heavy atom. The lowest BCUT2D eigenvalue weighted by Crippen LogP contribution is -2.37. The Morgan fingerprint density at radius 3 is 1.14 bits per heavy atom. The maximum Gasteiger partial charge on any atom is 0.472 e. The molecule has 0 saturated carbocycles. The molecular weight excluding hydrogens is 894 g/mol. The second-order valence-electron chi connectivity index (χ2n) is 18.8. The number of esters is 2. The maximum absolute atomic E-state index is 12.8. The highest BCUT2D eigenvalue weighted by Crippen LogP contribution is 2.43. The molecule has 0 aromatic rings. The topological polar surface area (TPSA) is 108 Å². The summed E-state index contributed by atoms with van der Waals surface area (Å²) >= 11 is 0. The van der Waals surface area contributed by atoms with Gasteiger partial charge >= 0.3 is 19.8 Å². The average Bonchev–Trinajstić information content (AvgIpc) is 3.32. The highest BCUT2D eigenvalue weighted by Gasteiger charge is 2.27. The number of quaternary nitrogens is 1. The summed E-state index contributed by atoms with van der Waals surface area (Å²) in [6, 6.07) is 0. The summed E-state index contributed by atoms with van der Waals surface area (Å²) in [6.07, 6.45) is 71.1. The zero-order valence-electron chi connectivity index (χ0n) is 45.0. The zero-order valence-corrected chi connectivity index (χ0v) is 45.8. The Balaban J connectivity index is 4.28. The highest BCUT2D eigenvalue weighted by molar-refractivity contribution is 7.47. The van der Waals surface area contributed by atoms with E-state index in [9.17, 15) is 19.0 Å². The summed E-state index contributed by atoms with van der Waals surface area (Å²) in [5, 5.41) is 0. The first-order valence-electron chi connectivity index (χ1n) is 27.3. The molecule has 2 unspecified atom stereocenters. The van der Waals surface area contributed by atoms with Gasteiger partial charge in [0.25, 0.3) is 0 Å². The number of hydrogen-bond acceptors (Lipinski definition) is 7. The summed E-state index contributed by atoms with van der Waals surface area (Å²) in [5.41, 5.74) is 0. The van der Waals surface area contributed by atoms with Crippen molar-refractivity contribution in [3.8, 4) is 0 Å². The van der Waals surface area contributed by atoms with Crippen molar-refractivity contribution in [3.05, 3.63) is 122 Å². The second kappa shape index (κ2) is 50.4. The monoisotopic (exact) mass is 995 g/mol. The first kappa shape index (κ1) is 66.4. The van der Waals surface area contributed by atoms with E-state index in [0.29, 0.717) is 23.9 Å². The minimum Gasteiger partial charge on any atom is -0.462 e. The van der Waals surface area contributed by atoms with Gasteiger partial charge in [0, 0.05) is 12.8 Å². The molecule has 2 atom stereocenters. The van der Waals surface area contributed by atoms with Crippen LogP contribution in [0.4, 0.5) is 0 Å². The smallest absolute Gasteiger partial charge is 0.462 e. The van der Waals surface area contributed by atoms with E-state index in [1.807, 2.05) is 21.1 Å². The Hall–Kier alpha value is -3.59. The SMILES string of the molecule is CC/C=C\C/C=C\C/C=C\C/C=C\C/C=C\C/C=C\CCCCCCCCCCC(=O)OC(COC(=O)CCCCCCCC/C=C\C/C=C\C/C=C\C/C=C\CC)COP(=O)(O)OCC[N+](C)(C)C. The van der Waals surface area contributed by atoms with Gasteiger partial charge in [0.15, 0.2) is 6.10 Å². The number of nitrogens with zero attached hydrogens (tertiary/aromatic N) is 1. The molecule has 0 aliphatic carbocycles. The van der Waals surface area contributed by atoms with Gasteiger partial charge in [-0.2, -0.15) is 0 Å². The van der Waals surface area contributed by atoms with E-state index in [1.165, 1.54) is 25.7 Å². The van der Waals surface area contributed by atoms with E-state index in [4.69, 9.17) is 18.5 Å². The van der Waals surface area contributed by atoms with Crippen LogP contribution >= 0.6 is 7.82 Å². The van der Waals surface area contributed by atoms with Crippen LogP contribution in [0.5, 0.6) is 0 Å². The van der Waals surface area contributed by atoms with Gasteiger partial charge in [-0.05, 0) is 103 Å². The third-order valence-corrected chi connectivity index (χ3v) is 12.0. The van der Waals surface area contributed by atoms with Crippen LogP contribution < -0.4 is 0 Å². The minimum absolute atomic E-state index is 0.0202. The second-order valence-corrected chi connectivity index (χ2v) is 20.3. The Labute approximate surface area is 428 Å². The number of phosphoric ester groups is 1. The number of phosphoric acid groups is 1. The summed E-state index contributed by atoms with van der Waals surface area (Å²) in [6.45, 7) is 4.16. The minimum atomic E-state index is -4.40. The van der Waals surface area contributed by atoms with Crippen LogP contribution in [0.1, 0.15) is 194 Å². The number of ether oxygens (including phenoxy) is 2. The quantitative estimate of drug-likeness (QED) is 0.0211. The number of carbonyl (C=O) groups is 2. The van der Waals surface area contributed by atoms with Crippen LogP contribution in [0, 0.1) is 0 Å². The van der Waals surface area contributed by atoms with E-state index in [1.54, 1.807) is 0 Å². The summed E-state index contributed by atoms with van der Waals surface area (Å²) in [5.74, 6) is -0.833. The van der Waals surface area contributed by atoms with Gasteiger partial charge in [0.05, 0.1) is 27.7 Å². The fourth-order valence-electron chi connectivity index (χ4n) is 6.83. The number of allylic oxidation sites excluding steroid dienone is 20. The fourth-order valence-corrected chi connectivity index (χ4v) is 7.57. The van der Waals surface area contributed by atoms with Crippen molar-refractivity contribution >= 4 is 19.8 Å². The molecule has 0 rings (SSSR count). The van der Waals surface area contributed by atoms with Crippen molar-refractivity contribution in [2.45, 2.75) is 200 Å². The molecule has 1 N–H and O–H groups in total. The van der Waals surface area contributed by atoms with Crippen molar-refractivity contribution in [3.63, 3.8) is 0 Å². The van der Waals surface area contributed by atoms with Gasteiger partial charge in [-0.15, -0.1) is 0 Å². The van der Waals surface area contributed by atoms with Gasteiger partial charge in [0.2, 0.25) is 0 Å². The van der Waals surface area contributed by atoms with Gasteiger partial charge in [-0.3, -0.25) is 18.6 Å². The van der Waals surface area contributed by atoms with Crippen LogP contribution in [0.25, 0.3) is 0 Å². The molecule has 9 nitrogen and oxygen atoms in total. The van der Waals surface area contributed by atoms with Gasteiger partial charge < -0.3 is 18.9 Å². The Kier molecular flexibility index (Phi) is 47.8. The van der Waals surface area contributed by atoms with Crippen LogP contribution in [-0.4, -0.2) is 74.9 Å². The van der Waals surface area contributed by atoms with Gasteiger partial charge in [-0.25, -0.2) is 4.57 Å². The molecule has 0 radical (unpaired) electrons. The van der Waals surface area contributed by atoms with Gasteiger partial charge in [-0.1, -0.05) is 200 Å². The summed E-state index contributed by atoms with van der Waals surface area (Å²) in [4.78, 5) is 35.6. The van der Waals surface area contributed by atoms with Crippen molar-refractivity contribution in [1.82, 2.24) is 0 Å². The normalized spacial score (nSPS) is 14.3. The standard InChI is InChI=1S/C60H100NO8P/c1-6-8-10-12-14-16-18-20-22-24-26-27-28-29-30-31-32-33-35-37-39-41-43-45-47-49-51-53-60(63)69-58(57-68-70(64,65)67-55-54-61(3,4)5)56-66-59(62)52-50-48-46-44-42-40-38-36-34-25-23-21-19-17-15-13-11-9-7-2/h8-11,14-17,20-23,26-27,29-30,32-34,36,58H,6-7,12-13,18-19,24-25,28,31,35,37-57H2,1-5H3/p+1/b10-8-,11-9-,16-14-,17-15-,22-20-,23-21-,27-26-,30-29-,33-32-,36-34-. The molecule has 0 aromatic heterocycles. The zero-order chi connectivity index (χ0) is 51.3. The molecule has 0 fully saturated rings. The molecule has 0 bridgehead atoms. The summed E-state index contributed by atoms with van der Waals surface area (Å²) < 4.78 is 34.5. The first-order chi connectivity index (χ1) is 34.0. The van der Waals surface area contributed by atoms with Crippen LogP contribution in [0.3, 0.4) is 0 Å². The fraction of sp³-hybridized carbons (Fsp3) is 0.633. The number of likely N-dealkylation sites (N-methyl/N-ethyl adjacent to an activating group) is 1. The van der Waals surface area contributed by atoms with E-state index < -0.39 is 26.5 Å². The lowest BCUT2D eigenvalue weighted by Gasteiger charge is -2.24. The molecule has 0 spiro atoms. The number of carbonyl (C=O) groups excluding carboxylic acids is 2. The van der Waals surface area contributed by atoms with Crippen molar-refractivity contribution in [2.75, 3.05) is 47.5 Å². The average molecular weight is 995 g/mol. The molecule has 0 amide bonds. The van der Waals surface area contributed by atoms with Crippen LogP contribution in [0.2, 0.25) is 0 Å². The Bertz CT molecular complexity index is 1590. The van der Waals surface area contributed by atoms with Crippen LogP contribution in [0.15, 0.2) is 122 Å². The maximum atomic E-state index is 12.8. The van der Waals surface area contributed by atoms with E-state index >= 15 is 0 Å². The molecule has 0 saturated heterocycles. The molecular formula is C60H101NO8P+. The lowest BCUT2D eigenvalue weighted by atomic mass is 10.1. The summed E-state index contributed by atoms with van der Waals surface area (Å²) in [7, 11) is 1.44. The van der Waals surface area contributed by atoms with Crippen molar-refractivity contribution in [2.24, 2.45) is 0 Å². The lowest BCUT2D eigenvalue weighted by molar-refractivity contribution is -0.870. The number of rotatable bonds is 48. The first-order valence-corrected chi connectivity index (χ1v) is 28.8. The van der Waals surface area contributed by atoms with E-state index in [2.05, 4.69) is 135 Å². The van der Waals surface area contributed by atoms with Crippen LogP contribution in [-0.2, 0) is 32.7 Å². The Morgan fingerprint density at radius 1 is 0.443 bits per heavy atom. The molecule has 70 heavy (non-hydrogen) atoms. The third kappa shape index (κ3) is 53.8. The molecule has 398 valence electrons. The van der Waals surface area contributed by atoms with Crippen molar-refractivity contribution in [1.29, 1.82) is 0 Å². The van der Waals surface area contributed by atoms with Gasteiger partial charge in [0.1, 0.15) is 19.8 Å². The molecule has 0 aliphatic heterocycles. The number of unbranched alkanes of at least 4 members (excludes halogenated alkanes) is 14. The molecule has 0 heterocycles. The predicted octanol–water partition coefficient (Wildman–Crippen LogP) is 16.8. The highest BCUT2D eigenvalue weighted by atomic mass is 31.2. The van der Waals surface area contributed by atoms with Crippen molar-refractivity contribution < 1.29 is 42.1 Å². The largest absolute Gasteiger partial charge is 0.472 e. The molecule has 10 heteroatoms. The third-order valence-electron chi connectivity index (χ3n) is 11.0. The number of hydrogen-bond donors (Lipinski definition) is 1. The van der Waals surface area contributed by atoms with E-state index in [-0.39, 0.29) is 32.0 Å². The molecule has 0 aliphatic rings. The van der Waals surface area contributed by atoms with E-state index in [0.717, 1.165) is 128 Å². The molecule has 0 aromatic carbocycles. The predicted molar refractivity (Wildman–Crippen MR) is 297 cm³/mol.